The Labute approximate surface area is 108 Å². The Balaban J connectivity index is 2.25. The summed E-state index contributed by atoms with van der Waals surface area (Å²) in [5.41, 5.74) is 1.62. The van der Waals surface area contributed by atoms with Gasteiger partial charge in [-0.15, -0.1) is 0 Å². The summed E-state index contributed by atoms with van der Waals surface area (Å²) in [5, 5.41) is 4.50. The zero-order valence-corrected chi connectivity index (χ0v) is 11.0. The number of halogens is 1. The fraction of sp³-hybridized carbons (Fsp3) is 0.167. The number of Topliss-reactive ketones (excluding diaryl/α,β-unsaturated/α-hetero) is 1. The fourth-order valence-electron chi connectivity index (χ4n) is 1.47. The van der Waals surface area contributed by atoms with Gasteiger partial charge in [-0.1, -0.05) is 29.0 Å². The summed E-state index contributed by atoms with van der Waals surface area (Å²) >= 11 is 7.24. The molecule has 0 spiro atoms. The molecule has 0 atom stereocenters. The first-order valence-corrected chi connectivity index (χ1v) is 6.26. The van der Waals surface area contributed by atoms with Crippen LogP contribution in [0.2, 0.25) is 5.02 Å². The van der Waals surface area contributed by atoms with Gasteiger partial charge < -0.3 is 5.32 Å². The van der Waals surface area contributed by atoms with Crippen LogP contribution in [0.3, 0.4) is 0 Å². The smallest absolute Gasteiger partial charge is 0.188 e. The Hall–Kier alpha value is -1.39. The van der Waals surface area contributed by atoms with E-state index in [4.69, 9.17) is 11.6 Å². The highest BCUT2D eigenvalue weighted by Gasteiger charge is 2.11. The van der Waals surface area contributed by atoms with Crippen LogP contribution in [-0.4, -0.2) is 10.8 Å². The molecule has 0 saturated heterocycles. The van der Waals surface area contributed by atoms with E-state index in [9.17, 15) is 4.79 Å². The van der Waals surface area contributed by atoms with Gasteiger partial charge in [0.05, 0.1) is 10.6 Å². The quantitative estimate of drug-likeness (QED) is 0.852. The zero-order chi connectivity index (χ0) is 12.4. The highest BCUT2D eigenvalue weighted by atomic mass is 35.5. The van der Waals surface area contributed by atoms with Gasteiger partial charge in [-0.2, -0.15) is 0 Å². The van der Waals surface area contributed by atoms with Crippen molar-refractivity contribution in [2.24, 2.45) is 0 Å². The molecule has 88 valence electrons. The SMILES string of the molecule is CC(=O)c1sc(Nc2cccc(Cl)c2)nc1C. The first kappa shape index (κ1) is 12.1. The Bertz CT molecular complexity index is 565. The van der Waals surface area contributed by atoms with Crippen molar-refractivity contribution in [1.82, 2.24) is 4.98 Å². The number of hydrogen-bond donors (Lipinski definition) is 1. The third-order valence-electron chi connectivity index (χ3n) is 2.19. The zero-order valence-electron chi connectivity index (χ0n) is 9.45. The molecule has 5 heteroatoms. The van der Waals surface area contributed by atoms with E-state index in [1.54, 1.807) is 13.0 Å². The van der Waals surface area contributed by atoms with Crippen LogP contribution < -0.4 is 5.32 Å². The number of nitrogens with zero attached hydrogens (tertiary/aromatic N) is 1. The summed E-state index contributed by atoms with van der Waals surface area (Å²) in [5.74, 6) is 0.0409. The van der Waals surface area contributed by atoms with Crippen molar-refractivity contribution in [1.29, 1.82) is 0 Å². The largest absolute Gasteiger partial charge is 0.331 e. The number of rotatable bonds is 3. The van der Waals surface area contributed by atoms with Crippen molar-refractivity contribution in [2.45, 2.75) is 13.8 Å². The number of carbonyl (C=O) groups is 1. The van der Waals surface area contributed by atoms with Gasteiger partial charge in [0, 0.05) is 17.6 Å². The minimum Gasteiger partial charge on any atom is -0.331 e. The predicted molar refractivity (Wildman–Crippen MR) is 71.6 cm³/mol. The van der Waals surface area contributed by atoms with E-state index >= 15 is 0 Å². The van der Waals surface area contributed by atoms with E-state index in [1.165, 1.54) is 11.3 Å². The van der Waals surface area contributed by atoms with Crippen LogP contribution in [-0.2, 0) is 0 Å². The van der Waals surface area contributed by atoms with Crippen molar-refractivity contribution < 1.29 is 4.79 Å². The molecule has 2 rings (SSSR count). The fourth-order valence-corrected chi connectivity index (χ4v) is 2.54. The van der Waals surface area contributed by atoms with Crippen molar-refractivity contribution in [3.8, 4) is 0 Å². The molecule has 0 unspecified atom stereocenters. The van der Waals surface area contributed by atoms with E-state index in [-0.39, 0.29) is 5.78 Å². The minimum atomic E-state index is 0.0409. The first-order valence-electron chi connectivity index (χ1n) is 5.07. The second-order valence-corrected chi connectivity index (χ2v) is 5.06. The first-order chi connectivity index (χ1) is 8.06. The highest BCUT2D eigenvalue weighted by molar-refractivity contribution is 7.17. The second kappa shape index (κ2) is 4.85. The summed E-state index contributed by atoms with van der Waals surface area (Å²) in [4.78, 5) is 16.3. The molecule has 1 aromatic carbocycles. The van der Waals surface area contributed by atoms with Crippen molar-refractivity contribution in [3.63, 3.8) is 0 Å². The predicted octanol–water partition coefficient (Wildman–Crippen LogP) is 4.05. The molecule has 3 nitrogen and oxygen atoms in total. The van der Waals surface area contributed by atoms with E-state index in [0.29, 0.717) is 15.0 Å². The van der Waals surface area contributed by atoms with Gasteiger partial charge in [0.1, 0.15) is 0 Å². The number of aryl methyl sites for hydroxylation is 1. The maximum Gasteiger partial charge on any atom is 0.188 e. The average molecular weight is 267 g/mol. The van der Waals surface area contributed by atoms with Gasteiger partial charge in [-0.25, -0.2) is 4.98 Å². The summed E-state index contributed by atoms with van der Waals surface area (Å²) in [6, 6.07) is 7.37. The van der Waals surface area contributed by atoms with Crippen LogP contribution in [0.25, 0.3) is 0 Å². The molecule has 1 aromatic heterocycles. The number of aromatic nitrogens is 1. The number of anilines is 2. The van der Waals surface area contributed by atoms with Gasteiger partial charge in [-0.3, -0.25) is 4.79 Å². The highest BCUT2D eigenvalue weighted by Crippen LogP contribution is 2.26. The molecule has 0 bridgehead atoms. The van der Waals surface area contributed by atoms with Gasteiger partial charge in [0.15, 0.2) is 10.9 Å². The second-order valence-electron chi connectivity index (χ2n) is 3.63. The minimum absolute atomic E-state index is 0.0409. The molecule has 0 aliphatic rings. The summed E-state index contributed by atoms with van der Waals surface area (Å²) < 4.78 is 0. The maximum absolute atomic E-state index is 11.3. The van der Waals surface area contributed by atoms with Crippen LogP contribution in [0.15, 0.2) is 24.3 Å². The number of carbonyl (C=O) groups excluding carboxylic acids is 1. The molecule has 1 heterocycles. The molecule has 0 aliphatic heterocycles. The van der Waals surface area contributed by atoms with Gasteiger partial charge in [0.25, 0.3) is 0 Å². The molecule has 17 heavy (non-hydrogen) atoms. The van der Waals surface area contributed by atoms with Gasteiger partial charge in [-0.05, 0) is 25.1 Å². The summed E-state index contributed by atoms with van der Waals surface area (Å²) in [7, 11) is 0. The number of hydrogen-bond acceptors (Lipinski definition) is 4. The average Bonchev–Trinajstić information content (AvgIpc) is 2.59. The van der Waals surface area contributed by atoms with Crippen molar-refractivity contribution in [3.05, 3.63) is 39.9 Å². The van der Waals surface area contributed by atoms with E-state index < -0.39 is 0 Å². The lowest BCUT2D eigenvalue weighted by atomic mass is 10.3. The number of thiazole rings is 1. The van der Waals surface area contributed by atoms with Crippen molar-refractivity contribution >= 4 is 39.5 Å². The third kappa shape index (κ3) is 2.84. The molecule has 0 radical (unpaired) electrons. The van der Waals surface area contributed by atoms with Crippen LogP contribution in [0.1, 0.15) is 22.3 Å². The normalized spacial score (nSPS) is 10.3. The van der Waals surface area contributed by atoms with Crippen LogP contribution in [0.5, 0.6) is 0 Å². The maximum atomic E-state index is 11.3. The summed E-state index contributed by atoms with van der Waals surface area (Å²) in [6.45, 7) is 3.38. The lowest BCUT2D eigenvalue weighted by molar-refractivity contribution is 0.102. The van der Waals surface area contributed by atoms with Crippen molar-refractivity contribution in [2.75, 3.05) is 5.32 Å². The number of nitrogens with one attached hydrogen (secondary N) is 1. The molecule has 0 fully saturated rings. The Morgan fingerprint density at radius 3 is 2.82 bits per heavy atom. The Kier molecular flexibility index (Phi) is 3.45. The molecular formula is C12H11ClN2OS. The molecule has 1 N–H and O–H groups in total. The van der Waals surface area contributed by atoms with Crippen LogP contribution in [0.4, 0.5) is 10.8 Å². The molecular weight excluding hydrogens is 256 g/mol. The lowest BCUT2D eigenvalue weighted by Gasteiger charge is -2.01. The van der Waals surface area contributed by atoms with E-state index in [1.807, 2.05) is 25.1 Å². The number of ketones is 1. The van der Waals surface area contributed by atoms with E-state index in [2.05, 4.69) is 10.3 Å². The van der Waals surface area contributed by atoms with Crippen LogP contribution in [0, 0.1) is 6.92 Å². The molecule has 0 saturated carbocycles. The van der Waals surface area contributed by atoms with Crippen LogP contribution >= 0.6 is 22.9 Å². The number of benzene rings is 1. The van der Waals surface area contributed by atoms with Gasteiger partial charge >= 0.3 is 0 Å². The Morgan fingerprint density at radius 1 is 1.47 bits per heavy atom. The topological polar surface area (TPSA) is 42.0 Å². The molecule has 0 aliphatic carbocycles. The molecule has 2 aromatic rings. The third-order valence-corrected chi connectivity index (χ3v) is 3.60. The Morgan fingerprint density at radius 2 is 2.24 bits per heavy atom. The monoisotopic (exact) mass is 266 g/mol. The summed E-state index contributed by atoms with van der Waals surface area (Å²) in [6.07, 6.45) is 0. The standard InChI is InChI=1S/C12H11ClN2OS/c1-7-11(8(2)16)17-12(14-7)15-10-5-3-4-9(13)6-10/h3-6H,1-2H3,(H,14,15). The lowest BCUT2D eigenvalue weighted by Crippen LogP contribution is -1.90. The molecule has 0 amide bonds. The van der Waals surface area contributed by atoms with E-state index in [0.717, 1.165) is 11.4 Å². The van der Waals surface area contributed by atoms with Gasteiger partial charge in [0.2, 0.25) is 0 Å².